The lowest BCUT2D eigenvalue weighted by Gasteiger charge is -2.29. The fourth-order valence-electron chi connectivity index (χ4n) is 4.85. The molecular weight excluding hydrogens is 540 g/mol. The molecule has 0 saturated carbocycles. The third kappa shape index (κ3) is 4.70. The molecule has 9 nitrogen and oxygen atoms in total. The van der Waals surface area contributed by atoms with Gasteiger partial charge in [0.05, 0.1) is 40.7 Å². The van der Waals surface area contributed by atoms with Gasteiger partial charge in [-0.05, 0) is 18.2 Å². The highest BCUT2D eigenvalue weighted by molar-refractivity contribution is 7.17. The minimum Gasteiger partial charge on any atom is -0.494 e. The lowest BCUT2D eigenvalue weighted by molar-refractivity contribution is -0.384. The van der Waals surface area contributed by atoms with Gasteiger partial charge in [-0.25, -0.2) is 4.99 Å². The van der Waals surface area contributed by atoms with Crippen LogP contribution in [-0.2, 0) is 4.79 Å². The highest BCUT2D eigenvalue weighted by Crippen LogP contribution is 2.38. The molecule has 1 unspecified atom stereocenters. The van der Waals surface area contributed by atoms with Crippen LogP contribution in [0.15, 0.2) is 107 Å². The molecule has 202 valence electrons. The number of amides is 2. The molecule has 0 radical (unpaired) electrons. The Morgan fingerprint density at radius 2 is 1.73 bits per heavy atom. The van der Waals surface area contributed by atoms with Crippen LogP contribution in [0.5, 0.6) is 5.75 Å². The van der Waals surface area contributed by atoms with Crippen LogP contribution in [0.4, 0.5) is 17.1 Å². The number of fused-ring (bicyclic) bond motifs is 2. The number of hydrogen-bond acceptors (Lipinski definition) is 7. The van der Waals surface area contributed by atoms with Crippen LogP contribution < -0.4 is 15.0 Å². The van der Waals surface area contributed by atoms with Gasteiger partial charge < -0.3 is 10.1 Å². The molecule has 0 fully saturated rings. The number of carbonyl (C=O) groups is 2. The first kappa shape index (κ1) is 25.9. The quantitative estimate of drug-likeness (QED) is 0.193. The molecule has 6 rings (SSSR count). The number of rotatable bonds is 6. The molecule has 0 saturated heterocycles. The summed E-state index contributed by atoms with van der Waals surface area (Å²) in [5.41, 5.74) is 2.83. The molecular formula is C31H22N4O5S. The molecule has 1 aliphatic rings. The predicted molar refractivity (Wildman–Crippen MR) is 159 cm³/mol. The second-order valence-electron chi connectivity index (χ2n) is 9.19. The number of benzene rings is 4. The second-order valence-corrected chi connectivity index (χ2v) is 10.1. The Bertz CT molecular complexity index is 1850. The molecule has 5 aromatic rings. The first-order valence-electron chi connectivity index (χ1n) is 12.6. The average Bonchev–Trinajstić information content (AvgIpc) is 3.37. The first-order chi connectivity index (χ1) is 20.0. The number of benzodiazepines with no additional fused rings is 1. The molecule has 2 amide bonds. The minimum absolute atomic E-state index is 0.0538. The number of hydrogen-bond donors (Lipinski definition) is 1. The Hall–Kier alpha value is -5.35. The topological polar surface area (TPSA) is 114 Å². The van der Waals surface area contributed by atoms with Crippen LogP contribution in [0.25, 0.3) is 10.1 Å². The van der Waals surface area contributed by atoms with Gasteiger partial charge in [0.1, 0.15) is 5.75 Å². The van der Waals surface area contributed by atoms with Gasteiger partial charge in [0.25, 0.3) is 17.5 Å². The summed E-state index contributed by atoms with van der Waals surface area (Å²) in [6.07, 6.45) is -1.38. The van der Waals surface area contributed by atoms with Crippen LogP contribution in [0.1, 0.15) is 21.5 Å². The highest BCUT2D eigenvalue weighted by atomic mass is 32.1. The lowest BCUT2D eigenvalue weighted by atomic mass is 10.0. The van der Waals surface area contributed by atoms with Gasteiger partial charge in [-0.3, -0.25) is 24.6 Å². The highest BCUT2D eigenvalue weighted by Gasteiger charge is 2.37. The van der Waals surface area contributed by atoms with E-state index in [2.05, 4.69) is 5.32 Å². The van der Waals surface area contributed by atoms with Crippen molar-refractivity contribution in [1.82, 2.24) is 0 Å². The first-order valence-corrected chi connectivity index (χ1v) is 13.5. The Labute approximate surface area is 238 Å². The fourth-order valence-corrected chi connectivity index (χ4v) is 5.79. The second kappa shape index (κ2) is 10.7. The van der Waals surface area contributed by atoms with E-state index in [-0.39, 0.29) is 17.1 Å². The number of anilines is 2. The van der Waals surface area contributed by atoms with Crippen LogP contribution >= 0.6 is 11.3 Å². The molecule has 1 aromatic heterocycles. The number of non-ortho nitro benzene ring substituents is 1. The number of aliphatic imine (C=N–C) groups is 1. The number of methoxy groups -OCH3 is 1. The van der Waals surface area contributed by atoms with E-state index < -0.39 is 22.9 Å². The predicted octanol–water partition coefficient (Wildman–Crippen LogP) is 6.28. The number of nitro groups is 1. The summed E-state index contributed by atoms with van der Waals surface area (Å²) in [5, 5.41) is 16.9. The van der Waals surface area contributed by atoms with E-state index in [1.165, 1.54) is 41.5 Å². The van der Waals surface area contributed by atoms with E-state index in [9.17, 15) is 19.7 Å². The number of carbonyl (C=O) groups excluding carboxylic acids is 2. The van der Waals surface area contributed by atoms with Crippen molar-refractivity contribution < 1.29 is 19.2 Å². The molecule has 0 bridgehead atoms. The Morgan fingerprint density at radius 1 is 1.00 bits per heavy atom. The molecule has 0 spiro atoms. The van der Waals surface area contributed by atoms with Crippen LogP contribution in [0, 0.1) is 10.1 Å². The molecule has 10 heteroatoms. The van der Waals surface area contributed by atoms with E-state index in [0.29, 0.717) is 22.5 Å². The van der Waals surface area contributed by atoms with E-state index >= 15 is 0 Å². The summed E-state index contributed by atoms with van der Waals surface area (Å²) < 4.78 is 6.43. The minimum atomic E-state index is -1.38. The normalized spacial score (nSPS) is 14.4. The molecule has 1 atom stereocenters. The van der Waals surface area contributed by atoms with Crippen molar-refractivity contribution in [3.63, 3.8) is 0 Å². The Morgan fingerprint density at radius 3 is 2.51 bits per heavy atom. The standard InChI is InChI=1S/C31H22N4O5S/c1-40-26-17-20(35(38)39)15-16-25(26)34(31(37)23-18-41-27-14-8-6-11-21(23)27)29-30(36)32-24-13-7-5-12-22(24)28(33-29)19-9-3-2-4-10-19/h2-18,29H,1H3,(H,32,36). The van der Waals surface area contributed by atoms with E-state index in [4.69, 9.17) is 9.73 Å². The maximum Gasteiger partial charge on any atom is 0.273 e. The zero-order valence-corrected chi connectivity index (χ0v) is 22.5. The van der Waals surface area contributed by atoms with Crippen molar-refractivity contribution in [2.45, 2.75) is 6.17 Å². The maximum atomic E-state index is 14.5. The van der Waals surface area contributed by atoms with Gasteiger partial charge in [-0.2, -0.15) is 0 Å². The van der Waals surface area contributed by atoms with E-state index in [1.54, 1.807) is 11.4 Å². The zero-order chi connectivity index (χ0) is 28.5. The van der Waals surface area contributed by atoms with Crippen molar-refractivity contribution >= 4 is 56.0 Å². The molecule has 0 aliphatic carbocycles. The van der Waals surface area contributed by atoms with Crippen LogP contribution in [0.2, 0.25) is 0 Å². The number of ether oxygens (including phenoxy) is 1. The molecule has 1 aliphatic heterocycles. The number of thiophene rings is 1. The molecule has 1 N–H and O–H groups in total. The molecule has 41 heavy (non-hydrogen) atoms. The smallest absolute Gasteiger partial charge is 0.273 e. The van der Waals surface area contributed by atoms with Gasteiger partial charge in [-0.1, -0.05) is 66.7 Å². The summed E-state index contributed by atoms with van der Waals surface area (Å²) in [7, 11) is 1.35. The van der Waals surface area contributed by atoms with Crippen molar-refractivity contribution in [1.29, 1.82) is 0 Å². The van der Waals surface area contributed by atoms with E-state index in [1.807, 2.05) is 72.8 Å². The third-order valence-electron chi connectivity index (χ3n) is 6.78. The van der Waals surface area contributed by atoms with Gasteiger partial charge >= 0.3 is 0 Å². The number of nitrogens with zero attached hydrogens (tertiary/aromatic N) is 3. The fraction of sp³-hybridized carbons (Fsp3) is 0.0645. The zero-order valence-electron chi connectivity index (χ0n) is 21.7. The van der Waals surface area contributed by atoms with Crippen molar-refractivity contribution in [3.05, 3.63) is 129 Å². The van der Waals surface area contributed by atoms with Gasteiger partial charge in [-0.15, -0.1) is 11.3 Å². The van der Waals surface area contributed by atoms with Crippen LogP contribution in [0.3, 0.4) is 0 Å². The largest absolute Gasteiger partial charge is 0.494 e. The van der Waals surface area contributed by atoms with Crippen molar-refractivity contribution in [3.8, 4) is 5.75 Å². The number of nitrogens with one attached hydrogen (secondary N) is 1. The van der Waals surface area contributed by atoms with Crippen molar-refractivity contribution in [2.75, 3.05) is 17.3 Å². The number of nitro benzene ring substituents is 1. The third-order valence-corrected chi connectivity index (χ3v) is 7.75. The Balaban J connectivity index is 1.60. The SMILES string of the molecule is COc1cc([N+](=O)[O-])ccc1N(C(=O)c1csc2ccccc12)C1N=C(c2ccccc2)c2ccccc2NC1=O. The van der Waals surface area contributed by atoms with Crippen LogP contribution in [-0.4, -0.2) is 35.7 Å². The van der Waals surface area contributed by atoms with E-state index in [0.717, 1.165) is 15.6 Å². The monoisotopic (exact) mass is 562 g/mol. The van der Waals surface area contributed by atoms with Gasteiger partial charge in [0.15, 0.2) is 0 Å². The molecule has 2 heterocycles. The van der Waals surface area contributed by atoms with Gasteiger partial charge in [0, 0.05) is 32.7 Å². The van der Waals surface area contributed by atoms with Gasteiger partial charge in [0.2, 0.25) is 6.17 Å². The number of para-hydroxylation sites is 1. The summed E-state index contributed by atoms with van der Waals surface area (Å²) in [5.74, 6) is -0.994. The van der Waals surface area contributed by atoms with Crippen molar-refractivity contribution in [2.24, 2.45) is 4.99 Å². The summed E-state index contributed by atoms with van der Waals surface area (Å²) >= 11 is 1.41. The summed E-state index contributed by atoms with van der Waals surface area (Å²) in [4.78, 5) is 45.5. The lowest BCUT2D eigenvalue weighted by Crippen LogP contribution is -2.46. The molecule has 4 aromatic carbocycles. The summed E-state index contributed by atoms with van der Waals surface area (Å²) in [6.45, 7) is 0. The Kier molecular flexibility index (Phi) is 6.74. The summed E-state index contributed by atoms with van der Waals surface area (Å²) in [6, 6.07) is 28.1. The average molecular weight is 563 g/mol. The maximum absolute atomic E-state index is 14.5.